The molecule has 25 heavy (non-hydrogen) atoms. The molecule has 1 aromatic heterocycles. The van der Waals surface area contributed by atoms with Crippen LogP contribution in [0.25, 0.3) is 0 Å². The monoisotopic (exact) mass is 417 g/mol. The van der Waals surface area contributed by atoms with Gasteiger partial charge in [0.25, 0.3) is 5.84 Å². The van der Waals surface area contributed by atoms with E-state index in [9.17, 15) is 0 Å². The molecule has 0 amide bonds. The Morgan fingerprint density at radius 2 is 1.80 bits per heavy atom. The van der Waals surface area contributed by atoms with Gasteiger partial charge in [-0.1, -0.05) is 28.4 Å². The largest absolute Gasteiger partial charge is 1.00 e. The summed E-state index contributed by atoms with van der Waals surface area (Å²) in [6, 6.07) is 18.0. The first-order valence-corrected chi connectivity index (χ1v) is 8.35. The normalized spacial score (nSPS) is 13.4. The molecular formula is C17H16BrN5OS. The number of amidine groups is 1. The Morgan fingerprint density at radius 1 is 1.04 bits per heavy atom. The highest BCUT2D eigenvalue weighted by Gasteiger charge is 2.32. The molecule has 128 valence electrons. The number of rotatable bonds is 4. The van der Waals surface area contributed by atoms with Crippen molar-refractivity contribution in [3.63, 3.8) is 0 Å². The lowest BCUT2D eigenvalue weighted by Crippen LogP contribution is -3.00. The number of quaternary nitrogens is 1. The van der Waals surface area contributed by atoms with Gasteiger partial charge in [-0.3, -0.25) is 0 Å². The van der Waals surface area contributed by atoms with Gasteiger partial charge in [0.2, 0.25) is 5.13 Å². The van der Waals surface area contributed by atoms with Gasteiger partial charge in [0.1, 0.15) is 11.4 Å². The van der Waals surface area contributed by atoms with E-state index in [1.54, 1.807) is 24.6 Å². The van der Waals surface area contributed by atoms with Crippen LogP contribution in [0.1, 0.15) is 5.56 Å². The summed E-state index contributed by atoms with van der Waals surface area (Å²) in [4.78, 5) is 4.39. The second kappa shape index (κ2) is 7.64. The highest BCUT2D eigenvalue weighted by atomic mass is 79.9. The fourth-order valence-electron chi connectivity index (χ4n) is 2.45. The topological polar surface area (TPSA) is 57.6 Å². The number of anilines is 2. The highest BCUT2D eigenvalue weighted by molar-refractivity contribution is 7.13. The van der Waals surface area contributed by atoms with Gasteiger partial charge in [0.15, 0.2) is 0 Å². The quantitative estimate of drug-likeness (QED) is 0.566. The van der Waals surface area contributed by atoms with Crippen LogP contribution in [0.5, 0.6) is 5.75 Å². The Labute approximate surface area is 160 Å². The van der Waals surface area contributed by atoms with E-state index in [2.05, 4.69) is 4.98 Å². The minimum atomic E-state index is 0. The predicted octanol–water partition coefficient (Wildman–Crippen LogP) is -0.762. The molecule has 4 rings (SSSR count). The fraction of sp³-hybridized carbons (Fsp3) is 0.0588. The number of hydrogen-bond donors (Lipinski definition) is 1. The molecule has 0 atom stereocenters. The summed E-state index contributed by atoms with van der Waals surface area (Å²) in [6.45, 7) is 0. The summed E-state index contributed by atoms with van der Waals surface area (Å²) < 4.78 is 5.22. The lowest BCUT2D eigenvalue weighted by Gasteiger charge is -2.21. The van der Waals surface area contributed by atoms with Crippen LogP contribution >= 0.6 is 11.3 Å². The van der Waals surface area contributed by atoms with Crippen molar-refractivity contribution in [3.05, 3.63) is 71.7 Å². The minimum absolute atomic E-state index is 0. The number of hydrogen-bond acceptors (Lipinski definition) is 6. The zero-order valence-corrected chi connectivity index (χ0v) is 15.8. The van der Waals surface area contributed by atoms with Crippen molar-refractivity contribution in [1.29, 1.82) is 0 Å². The SMILES string of the molecule is COc1ccc(C2=NN(c3nccs3)N(c3ccccc3)[NH2+]2)cc1.[Br-]. The maximum absolute atomic E-state index is 5.22. The molecule has 8 heteroatoms. The van der Waals surface area contributed by atoms with Gasteiger partial charge < -0.3 is 21.7 Å². The van der Waals surface area contributed by atoms with Gasteiger partial charge in [0.05, 0.1) is 12.7 Å². The summed E-state index contributed by atoms with van der Waals surface area (Å²) in [5.41, 5.74) is 4.06. The molecule has 6 nitrogen and oxygen atoms in total. The van der Waals surface area contributed by atoms with E-state index in [1.165, 1.54) is 0 Å². The van der Waals surface area contributed by atoms with Crippen LogP contribution in [0.4, 0.5) is 10.8 Å². The molecule has 1 aliphatic heterocycles. The molecule has 0 aliphatic carbocycles. The summed E-state index contributed by atoms with van der Waals surface area (Å²) in [7, 11) is 1.66. The molecule has 3 aromatic rings. The van der Waals surface area contributed by atoms with Crippen molar-refractivity contribution >= 4 is 28.0 Å². The van der Waals surface area contributed by atoms with E-state index in [1.807, 2.05) is 75.6 Å². The number of thiazole rings is 1. The third kappa shape index (κ3) is 3.51. The van der Waals surface area contributed by atoms with Crippen LogP contribution < -0.4 is 37.4 Å². The predicted molar refractivity (Wildman–Crippen MR) is 95.0 cm³/mol. The first kappa shape index (κ1) is 17.4. The third-order valence-electron chi connectivity index (χ3n) is 3.65. The molecule has 0 spiro atoms. The molecular weight excluding hydrogens is 402 g/mol. The second-order valence-electron chi connectivity index (χ2n) is 5.13. The highest BCUT2D eigenvalue weighted by Crippen LogP contribution is 2.24. The maximum atomic E-state index is 5.22. The Kier molecular flexibility index (Phi) is 5.32. The first-order valence-electron chi connectivity index (χ1n) is 7.47. The lowest BCUT2D eigenvalue weighted by molar-refractivity contribution is -0.545. The van der Waals surface area contributed by atoms with Crippen molar-refractivity contribution in [2.24, 2.45) is 5.10 Å². The zero-order valence-electron chi connectivity index (χ0n) is 13.4. The smallest absolute Gasteiger partial charge is 0.277 e. The second-order valence-corrected chi connectivity index (χ2v) is 6.00. The fourth-order valence-corrected chi connectivity index (χ4v) is 3.04. The van der Waals surface area contributed by atoms with Gasteiger partial charge in [-0.15, -0.1) is 16.5 Å². The number of aromatic nitrogens is 1. The maximum Gasteiger partial charge on any atom is 0.277 e. The number of nitrogens with two attached hydrogens (primary N) is 1. The number of methoxy groups -OCH3 is 1. The molecule has 0 fully saturated rings. The van der Waals surface area contributed by atoms with Crippen LogP contribution in [-0.4, -0.2) is 17.9 Å². The molecule has 0 saturated heterocycles. The standard InChI is InChI=1S/C17H15N5OS.BrH/c1-23-15-9-7-13(8-10-15)16-19-21(14-5-3-2-4-6-14)22(20-16)17-18-11-12-24-17;/h2-12H,1H3,(H,19,20);1H. The molecule has 0 radical (unpaired) electrons. The van der Waals surface area contributed by atoms with Crippen molar-refractivity contribution in [3.8, 4) is 5.75 Å². The number of hydrazone groups is 1. The number of para-hydroxylation sites is 1. The van der Waals surface area contributed by atoms with E-state index in [0.29, 0.717) is 0 Å². The zero-order chi connectivity index (χ0) is 16.4. The summed E-state index contributed by atoms with van der Waals surface area (Å²) >= 11 is 1.55. The van der Waals surface area contributed by atoms with Crippen molar-refractivity contribution in [2.45, 2.75) is 0 Å². The van der Waals surface area contributed by atoms with E-state index >= 15 is 0 Å². The summed E-state index contributed by atoms with van der Waals surface area (Å²) in [6.07, 6.45) is 1.78. The Balaban J connectivity index is 0.00000182. The Bertz CT molecular complexity index is 839. The first-order chi connectivity index (χ1) is 11.8. The van der Waals surface area contributed by atoms with Gasteiger partial charge >= 0.3 is 0 Å². The van der Waals surface area contributed by atoms with Crippen LogP contribution in [0.15, 0.2) is 71.3 Å². The van der Waals surface area contributed by atoms with Crippen molar-refractivity contribution < 1.29 is 27.1 Å². The van der Waals surface area contributed by atoms with E-state index in [4.69, 9.17) is 9.84 Å². The van der Waals surface area contributed by atoms with Gasteiger partial charge in [-0.25, -0.2) is 4.98 Å². The molecule has 0 unspecified atom stereocenters. The molecule has 2 N–H and O–H groups in total. The van der Waals surface area contributed by atoms with Crippen LogP contribution in [-0.2, 0) is 0 Å². The van der Waals surface area contributed by atoms with E-state index < -0.39 is 0 Å². The van der Waals surface area contributed by atoms with Gasteiger partial charge in [-0.05, 0) is 36.4 Å². The Morgan fingerprint density at radius 3 is 2.44 bits per heavy atom. The average Bonchev–Trinajstić information content (AvgIpc) is 3.32. The van der Waals surface area contributed by atoms with Gasteiger partial charge in [0, 0.05) is 11.6 Å². The number of nitrogens with zero attached hydrogens (tertiary/aromatic N) is 4. The van der Waals surface area contributed by atoms with Crippen LogP contribution in [0, 0.1) is 0 Å². The number of halogens is 1. The average molecular weight is 418 g/mol. The molecule has 0 saturated carbocycles. The number of hydrazine groups is 1. The third-order valence-corrected chi connectivity index (χ3v) is 4.39. The minimum Gasteiger partial charge on any atom is -1.00 e. The van der Waals surface area contributed by atoms with Gasteiger partial charge in [-0.2, -0.15) is 5.43 Å². The summed E-state index contributed by atoms with van der Waals surface area (Å²) in [5, 5.41) is 11.3. The molecule has 0 bridgehead atoms. The Hall–Kier alpha value is -2.42. The number of benzene rings is 2. The van der Waals surface area contributed by atoms with Crippen molar-refractivity contribution in [2.75, 3.05) is 17.3 Å². The van der Waals surface area contributed by atoms with Crippen molar-refractivity contribution in [1.82, 2.24) is 4.98 Å². The summed E-state index contributed by atoms with van der Waals surface area (Å²) in [5.74, 6) is 1.70. The van der Waals surface area contributed by atoms with E-state index in [0.717, 1.165) is 28.0 Å². The van der Waals surface area contributed by atoms with Crippen LogP contribution in [0.2, 0.25) is 0 Å². The van der Waals surface area contributed by atoms with E-state index in [-0.39, 0.29) is 17.0 Å². The number of ether oxygens (including phenoxy) is 1. The molecule has 2 aromatic carbocycles. The lowest BCUT2D eigenvalue weighted by atomic mass is 10.2. The van der Waals surface area contributed by atoms with Crippen LogP contribution in [0.3, 0.4) is 0 Å². The molecule has 2 heterocycles. The molecule has 1 aliphatic rings.